The fourth-order valence-electron chi connectivity index (χ4n) is 3.49. The van der Waals surface area contributed by atoms with Crippen molar-refractivity contribution in [3.05, 3.63) is 66.3 Å². The Morgan fingerprint density at radius 1 is 1.31 bits per heavy atom. The fourth-order valence-corrected chi connectivity index (χ4v) is 4.41. The van der Waals surface area contributed by atoms with Crippen LogP contribution in [0, 0.1) is 13.8 Å². The van der Waals surface area contributed by atoms with Gasteiger partial charge in [-0.1, -0.05) is 36.0 Å². The Morgan fingerprint density at radius 2 is 2.10 bits per heavy atom. The van der Waals surface area contributed by atoms with E-state index in [4.69, 9.17) is 4.42 Å². The molecule has 29 heavy (non-hydrogen) atoms. The maximum absolute atomic E-state index is 13.3. The van der Waals surface area contributed by atoms with Gasteiger partial charge in [-0.05, 0) is 32.9 Å². The average molecular weight is 407 g/mol. The number of Topliss-reactive ketones (excluding diaryl/α,β-unsaturated/α-hetero) is 1. The van der Waals surface area contributed by atoms with Crippen LogP contribution in [0.1, 0.15) is 28.7 Å². The van der Waals surface area contributed by atoms with Crippen LogP contribution in [0.25, 0.3) is 22.3 Å². The first-order valence-corrected chi connectivity index (χ1v) is 10.3. The van der Waals surface area contributed by atoms with Crippen molar-refractivity contribution in [2.75, 3.05) is 0 Å². The van der Waals surface area contributed by atoms with E-state index >= 15 is 0 Å². The number of hydrogen-bond donors (Lipinski definition) is 1. The molecule has 0 fully saturated rings. The van der Waals surface area contributed by atoms with Crippen LogP contribution in [0.15, 0.2) is 58.8 Å². The van der Waals surface area contributed by atoms with Gasteiger partial charge in [0, 0.05) is 28.7 Å². The van der Waals surface area contributed by atoms with Gasteiger partial charge in [0.1, 0.15) is 5.76 Å². The van der Waals surface area contributed by atoms with Crippen molar-refractivity contribution in [1.82, 2.24) is 19.7 Å². The fraction of sp³-hybridized carbons (Fsp3) is 0.227. The second-order valence-electron chi connectivity index (χ2n) is 6.89. The number of nitrogens with one attached hydrogen (secondary N) is 1. The van der Waals surface area contributed by atoms with E-state index in [9.17, 15) is 4.79 Å². The molecule has 7 heteroatoms. The number of aromatic nitrogens is 4. The number of aromatic amines is 1. The molecular formula is C22H22N4O2S. The van der Waals surface area contributed by atoms with Crippen molar-refractivity contribution in [3.63, 3.8) is 0 Å². The van der Waals surface area contributed by atoms with Crippen LogP contribution in [0.2, 0.25) is 0 Å². The van der Waals surface area contributed by atoms with Crippen LogP contribution in [0.3, 0.4) is 0 Å². The zero-order chi connectivity index (χ0) is 20.5. The number of allylic oxidation sites excluding steroid dienone is 1. The minimum atomic E-state index is -0.320. The average Bonchev–Trinajstić information content (AvgIpc) is 3.38. The van der Waals surface area contributed by atoms with Gasteiger partial charge >= 0.3 is 0 Å². The summed E-state index contributed by atoms with van der Waals surface area (Å²) in [5, 5.41) is 10.0. The topological polar surface area (TPSA) is 76.7 Å². The largest absolute Gasteiger partial charge is 0.469 e. The summed E-state index contributed by atoms with van der Waals surface area (Å²) >= 11 is 1.41. The SMILES string of the molecule is C=CCn1c(SC(C)C(=O)c2c(C)[nH]c3ccccc23)nnc1-c1ccoc1C. The smallest absolute Gasteiger partial charge is 0.192 e. The normalized spacial score (nSPS) is 12.4. The van der Waals surface area contributed by atoms with Crippen molar-refractivity contribution in [3.8, 4) is 11.4 Å². The number of furan rings is 1. The van der Waals surface area contributed by atoms with Gasteiger partial charge < -0.3 is 9.40 Å². The van der Waals surface area contributed by atoms with Gasteiger partial charge in [-0.25, -0.2) is 0 Å². The third-order valence-electron chi connectivity index (χ3n) is 4.92. The number of carbonyl (C=O) groups is 1. The van der Waals surface area contributed by atoms with E-state index in [0.29, 0.717) is 17.5 Å². The number of nitrogens with zero attached hydrogens (tertiary/aromatic N) is 3. The lowest BCUT2D eigenvalue weighted by atomic mass is 10.1. The Bertz CT molecular complexity index is 1200. The van der Waals surface area contributed by atoms with Crippen LogP contribution < -0.4 is 0 Å². The van der Waals surface area contributed by atoms with E-state index in [0.717, 1.165) is 33.5 Å². The monoisotopic (exact) mass is 406 g/mol. The summed E-state index contributed by atoms with van der Waals surface area (Å²) in [5.41, 5.74) is 3.47. The summed E-state index contributed by atoms with van der Waals surface area (Å²) in [6.07, 6.45) is 3.43. The van der Waals surface area contributed by atoms with Gasteiger partial charge in [0.2, 0.25) is 0 Å². The summed E-state index contributed by atoms with van der Waals surface area (Å²) in [5.74, 6) is 1.55. The number of fused-ring (bicyclic) bond motifs is 1. The van der Waals surface area contributed by atoms with Gasteiger partial charge in [0.25, 0.3) is 0 Å². The van der Waals surface area contributed by atoms with Crippen molar-refractivity contribution in [1.29, 1.82) is 0 Å². The van der Waals surface area contributed by atoms with E-state index in [-0.39, 0.29) is 11.0 Å². The quantitative estimate of drug-likeness (QED) is 0.260. The number of rotatable bonds is 7. The molecule has 0 amide bonds. The predicted octanol–water partition coefficient (Wildman–Crippen LogP) is 5.19. The van der Waals surface area contributed by atoms with Gasteiger partial charge in [0.05, 0.1) is 17.1 Å². The molecular weight excluding hydrogens is 384 g/mol. The Kier molecular flexibility index (Phi) is 5.15. The Labute approximate surface area is 173 Å². The zero-order valence-corrected chi connectivity index (χ0v) is 17.4. The highest BCUT2D eigenvalue weighted by molar-refractivity contribution is 8.00. The molecule has 0 saturated carbocycles. The van der Waals surface area contributed by atoms with E-state index in [1.54, 1.807) is 12.3 Å². The third-order valence-corrected chi connectivity index (χ3v) is 6.00. The van der Waals surface area contributed by atoms with Crippen molar-refractivity contribution < 1.29 is 9.21 Å². The molecule has 0 saturated heterocycles. The summed E-state index contributed by atoms with van der Waals surface area (Å²) < 4.78 is 7.37. The number of para-hydroxylation sites is 1. The first kappa shape index (κ1) is 19.3. The summed E-state index contributed by atoms with van der Waals surface area (Å²) in [6.45, 7) is 10.1. The summed E-state index contributed by atoms with van der Waals surface area (Å²) in [4.78, 5) is 16.6. The van der Waals surface area contributed by atoms with Crippen LogP contribution in [0.5, 0.6) is 0 Å². The minimum absolute atomic E-state index is 0.0687. The standard InChI is InChI=1S/C22H22N4O2S/c1-5-11-26-21(16-10-12-28-14(16)3)24-25-22(26)29-15(4)20(27)19-13(2)23-18-9-7-6-8-17(18)19/h5-10,12,15,23H,1,11H2,2-4H3. The molecule has 0 aliphatic rings. The van der Waals surface area contributed by atoms with E-state index in [1.807, 2.05) is 55.7 Å². The number of H-pyrrole nitrogens is 1. The van der Waals surface area contributed by atoms with Crippen LogP contribution in [-0.4, -0.2) is 30.8 Å². The lowest BCUT2D eigenvalue weighted by Crippen LogP contribution is -2.15. The second-order valence-corrected chi connectivity index (χ2v) is 8.20. The molecule has 1 aromatic carbocycles. The molecule has 6 nitrogen and oxygen atoms in total. The lowest BCUT2D eigenvalue weighted by molar-refractivity contribution is 0.0995. The van der Waals surface area contributed by atoms with Crippen molar-refractivity contribution in [2.45, 2.75) is 37.7 Å². The van der Waals surface area contributed by atoms with E-state index in [1.165, 1.54) is 11.8 Å². The molecule has 3 aromatic heterocycles. The second kappa shape index (κ2) is 7.75. The van der Waals surface area contributed by atoms with Crippen LogP contribution in [-0.2, 0) is 6.54 Å². The third kappa shape index (κ3) is 3.42. The molecule has 0 spiro atoms. The number of ketones is 1. The molecule has 1 unspecified atom stereocenters. The number of hydrogen-bond acceptors (Lipinski definition) is 5. The summed E-state index contributed by atoms with van der Waals surface area (Å²) in [7, 11) is 0. The Hall–Kier alpha value is -3.06. The van der Waals surface area contributed by atoms with Gasteiger partial charge in [-0.2, -0.15) is 0 Å². The molecule has 148 valence electrons. The first-order chi connectivity index (χ1) is 14.0. The Balaban J connectivity index is 1.66. The predicted molar refractivity (Wildman–Crippen MR) is 115 cm³/mol. The van der Waals surface area contributed by atoms with Gasteiger partial charge in [-0.3, -0.25) is 9.36 Å². The van der Waals surface area contributed by atoms with E-state index in [2.05, 4.69) is 21.8 Å². The minimum Gasteiger partial charge on any atom is -0.469 e. The molecule has 4 rings (SSSR count). The highest BCUT2D eigenvalue weighted by Gasteiger charge is 2.25. The van der Waals surface area contributed by atoms with Gasteiger partial charge in [-0.15, -0.1) is 16.8 Å². The number of aryl methyl sites for hydroxylation is 2. The highest BCUT2D eigenvalue weighted by atomic mass is 32.2. The lowest BCUT2D eigenvalue weighted by Gasteiger charge is -2.12. The molecule has 4 aromatic rings. The van der Waals surface area contributed by atoms with E-state index < -0.39 is 0 Å². The number of benzene rings is 1. The summed E-state index contributed by atoms with van der Waals surface area (Å²) in [6, 6.07) is 9.74. The first-order valence-electron chi connectivity index (χ1n) is 9.38. The highest BCUT2D eigenvalue weighted by Crippen LogP contribution is 2.32. The number of carbonyl (C=O) groups excluding carboxylic acids is 1. The molecule has 3 heterocycles. The molecule has 0 aliphatic heterocycles. The maximum atomic E-state index is 13.3. The zero-order valence-electron chi connectivity index (χ0n) is 16.6. The molecule has 0 radical (unpaired) electrons. The molecule has 0 bridgehead atoms. The molecule has 1 atom stereocenters. The molecule has 1 N–H and O–H groups in total. The number of thioether (sulfide) groups is 1. The van der Waals surface area contributed by atoms with Crippen LogP contribution in [0.4, 0.5) is 0 Å². The van der Waals surface area contributed by atoms with Crippen molar-refractivity contribution in [2.24, 2.45) is 0 Å². The van der Waals surface area contributed by atoms with Crippen LogP contribution >= 0.6 is 11.8 Å². The maximum Gasteiger partial charge on any atom is 0.192 e. The molecule has 0 aliphatic carbocycles. The van der Waals surface area contributed by atoms with Crippen molar-refractivity contribution >= 4 is 28.4 Å². The van der Waals surface area contributed by atoms with Gasteiger partial charge in [0.15, 0.2) is 16.8 Å². The Morgan fingerprint density at radius 3 is 2.83 bits per heavy atom.